The molecule has 0 aliphatic heterocycles. The lowest BCUT2D eigenvalue weighted by Crippen LogP contribution is -2.02. The van der Waals surface area contributed by atoms with E-state index < -0.39 is 5.97 Å². The SMILES string of the molecule is Cc1c(Cc2ccccc2)cccc1C(=O)O. The van der Waals surface area contributed by atoms with Crippen LogP contribution in [0.15, 0.2) is 48.5 Å². The first-order valence-corrected chi connectivity index (χ1v) is 5.54. The molecule has 0 unspecified atom stereocenters. The third-order valence-electron chi connectivity index (χ3n) is 2.91. The van der Waals surface area contributed by atoms with Crippen LogP contribution in [0.2, 0.25) is 0 Å². The first-order valence-electron chi connectivity index (χ1n) is 5.54. The number of hydrogen-bond donors (Lipinski definition) is 1. The smallest absolute Gasteiger partial charge is 0.335 e. The lowest BCUT2D eigenvalue weighted by Gasteiger charge is -2.08. The standard InChI is InChI=1S/C15H14O2/c1-11-13(8-5-9-14(11)15(16)17)10-12-6-3-2-4-7-12/h2-9H,10H2,1H3,(H,16,17). The second-order valence-corrected chi connectivity index (χ2v) is 4.06. The van der Waals surface area contributed by atoms with Gasteiger partial charge in [0.1, 0.15) is 0 Å². The Morgan fingerprint density at radius 1 is 1.06 bits per heavy atom. The van der Waals surface area contributed by atoms with E-state index in [1.54, 1.807) is 12.1 Å². The molecule has 0 amide bonds. The number of carbonyl (C=O) groups is 1. The predicted octanol–water partition coefficient (Wildman–Crippen LogP) is 3.28. The molecule has 0 saturated carbocycles. The van der Waals surface area contributed by atoms with Crippen LogP contribution in [0.1, 0.15) is 27.0 Å². The molecule has 0 fully saturated rings. The zero-order valence-corrected chi connectivity index (χ0v) is 9.68. The van der Waals surface area contributed by atoms with Gasteiger partial charge in [-0.25, -0.2) is 4.79 Å². The van der Waals surface area contributed by atoms with Gasteiger partial charge in [-0.1, -0.05) is 42.5 Å². The minimum Gasteiger partial charge on any atom is -0.478 e. The topological polar surface area (TPSA) is 37.3 Å². The molecule has 86 valence electrons. The highest BCUT2D eigenvalue weighted by Gasteiger charge is 2.09. The molecule has 0 aliphatic carbocycles. The lowest BCUT2D eigenvalue weighted by molar-refractivity contribution is 0.0696. The van der Waals surface area contributed by atoms with Gasteiger partial charge in [-0.15, -0.1) is 0 Å². The largest absolute Gasteiger partial charge is 0.478 e. The highest BCUT2D eigenvalue weighted by Crippen LogP contribution is 2.17. The maximum atomic E-state index is 11.0. The Balaban J connectivity index is 2.34. The van der Waals surface area contributed by atoms with Crippen LogP contribution in [-0.2, 0) is 6.42 Å². The van der Waals surface area contributed by atoms with Crippen molar-refractivity contribution in [1.29, 1.82) is 0 Å². The van der Waals surface area contributed by atoms with Crippen molar-refractivity contribution in [1.82, 2.24) is 0 Å². The highest BCUT2D eigenvalue weighted by atomic mass is 16.4. The number of rotatable bonds is 3. The number of aromatic carboxylic acids is 1. The van der Waals surface area contributed by atoms with Crippen LogP contribution in [-0.4, -0.2) is 11.1 Å². The molecule has 0 atom stereocenters. The molecule has 2 aromatic rings. The van der Waals surface area contributed by atoms with E-state index >= 15 is 0 Å². The van der Waals surface area contributed by atoms with Crippen molar-refractivity contribution in [3.63, 3.8) is 0 Å². The van der Waals surface area contributed by atoms with Crippen molar-refractivity contribution in [3.8, 4) is 0 Å². The zero-order valence-electron chi connectivity index (χ0n) is 9.68. The van der Waals surface area contributed by atoms with Crippen molar-refractivity contribution < 1.29 is 9.90 Å². The van der Waals surface area contributed by atoms with Crippen LogP contribution in [0.5, 0.6) is 0 Å². The Hall–Kier alpha value is -2.09. The summed E-state index contributed by atoms with van der Waals surface area (Å²) in [6.45, 7) is 1.86. The van der Waals surface area contributed by atoms with E-state index in [-0.39, 0.29) is 0 Å². The van der Waals surface area contributed by atoms with Gasteiger partial charge in [0.05, 0.1) is 5.56 Å². The molecule has 2 heteroatoms. The van der Waals surface area contributed by atoms with Crippen molar-refractivity contribution in [2.45, 2.75) is 13.3 Å². The van der Waals surface area contributed by atoms with Gasteiger partial charge in [0.2, 0.25) is 0 Å². The van der Waals surface area contributed by atoms with Crippen LogP contribution < -0.4 is 0 Å². The van der Waals surface area contributed by atoms with Gasteiger partial charge in [-0.05, 0) is 36.1 Å². The Morgan fingerprint density at radius 2 is 1.76 bits per heavy atom. The fourth-order valence-electron chi connectivity index (χ4n) is 1.92. The summed E-state index contributed by atoms with van der Waals surface area (Å²) >= 11 is 0. The minimum atomic E-state index is -0.864. The molecule has 0 heterocycles. The third-order valence-corrected chi connectivity index (χ3v) is 2.91. The van der Waals surface area contributed by atoms with Gasteiger partial charge in [-0.3, -0.25) is 0 Å². The van der Waals surface area contributed by atoms with Gasteiger partial charge >= 0.3 is 5.97 Å². The first-order chi connectivity index (χ1) is 8.18. The molecular weight excluding hydrogens is 212 g/mol. The quantitative estimate of drug-likeness (QED) is 0.872. The Morgan fingerprint density at radius 3 is 2.41 bits per heavy atom. The Labute approximate surface area is 101 Å². The molecule has 0 spiro atoms. The zero-order chi connectivity index (χ0) is 12.3. The lowest BCUT2D eigenvalue weighted by atomic mass is 9.97. The summed E-state index contributed by atoms with van der Waals surface area (Å²) in [7, 11) is 0. The Bertz CT molecular complexity index is 530. The molecule has 0 bridgehead atoms. The first kappa shape index (κ1) is 11.4. The number of carboxylic acid groups (broad SMARTS) is 1. The highest BCUT2D eigenvalue weighted by molar-refractivity contribution is 5.89. The van der Waals surface area contributed by atoms with Crippen molar-refractivity contribution >= 4 is 5.97 Å². The fraction of sp³-hybridized carbons (Fsp3) is 0.133. The average Bonchev–Trinajstić information content (AvgIpc) is 2.33. The summed E-state index contributed by atoms with van der Waals surface area (Å²) in [5.41, 5.74) is 3.50. The van der Waals surface area contributed by atoms with Gasteiger partial charge in [0.15, 0.2) is 0 Å². The van der Waals surface area contributed by atoms with Gasteiger partial charge in [0.25, 0.3) is 0 Å². The van der Waals surface area contributed by atoms with Crippen molar-refractivity contribution in [2.75, 3.05) is 0 Å². The van der Waals surface area contributed by atoms with E-state index in [4.69, 9.17) is 5.11 Å². The molecule has 2 aromatic carbocycles. The van der Waals surface area contributed by atoms with Crippen LogP contribution in [0.25, 0.3) is 0 Å². The summed E-state index contributed by atoms with van der Waals surface area (Å²) in [5.74, 6) is -0.864. The van der Waals surface area contributed by atoms with E-state index in [1.165, 1.54) is 5.56 Å². The summed E-state index contributed by atoms with van der Waals surface area (Å²) in [4.78, 5) is 11.0. The molecule has 17 heavy (non-hydrogen) atoms. The summed E-state index contributed by atoms with van der Waals surface area (Å²) in [5, 5.41) is 9.06. The minimum absolute atomic E-state index is 0.387. The number of benzene rings is 2. The molecule has 0 radical (unpaired) electrons. The Kier molecular flexibility index (Phi) is 3.24. The number of carboxylic acids is 1. The van der Waals surface area contributed by atoms with Crippen molar-refractivity contribution in [2.24, 2.45) is 0 Å². The van der Waals surface area contributed by atoms with E-state index in [0.29, 0.717) is 5.56 Å². The molecule has 0 saturated heterocycles. The second kappa shape index (κ2) is 4.83. The van der Waals surface area contributed by atoms with Crippen LogP contribution in [0.4, 0.5) is 0 Å². The summed E-state index contributed by atoms with van der Waals surface area (Å²) in [6, 6.07) is 15.5. The van der Waals surface area contributed by atoms with Crippen LogP contribution in [0.3, 0.4) is 0 Å². The summed E-state index contributed by atoms with van der Waals surface area (Å²) in [6.07, 6.45) is 0.772. The van der Waals surface area contributed by atoms with E-state index in [9.17, 15) is 4.79 Å². The van der Waals surface area contributed by atoms with Gasteiger partial charge < -0.3 is 5.11 Å². The van der Waals surface area contributed by atoms with E-state index in [1.807, 2.05) is 43.3 Å². The molecule has 1 N–H and O–H groups in total. The molecular formula is C15H14O2. The van der Waals surface area contributed by atoms with Crippen molar-refractivity contribution in [3.05, 3.63) is 70.8 Å². The maximum absolute atomic E-state index is 11.0. The molecule has 2 nitrogen and oxygen atoms in total. The monoisotopic (exact) mass is 226 g/mol. The molecule has 2 rings (SSSR count). The fourth-order valence-corrected chi connectivity index (χ4v) is 1.92. The normalized spacial score (nSPS) is 10.2. The van der Waals surface area contributed by atoms with Gasteiger partial charge in [0, 0.05) is 0 Å². The maximum Gasteiger partial charge on any atom is 0.335 e. The van der Waals surface area contributed by atoms with Gasteiger partial charge in [-0.2, -0.15) is 0 Å². The average molecular weight is 226 g/mol. The predicted molar refractivity (Wildman–Crippen MR) is 67.4 cm³/mol. The second-order valence-electron chi connectivity index (χ2n) is 4.06. The molecule has 0 aromatic heterocycles. The third kappa shape index (κ3) is 2.53. The van der Waals surface area contributed by atoms with Crippen LogP contribution >= 0.6 is 0 Å². The molecule has 0 aliphatic rings. The van der Waals surface area contributed by atoms with E-state index in [2.05, 4.69) is 0 Å². The van der Waals surface area contributed by atoms with Crippen LogP contribution in [0, 0.1) is 6.92 Å². The number of hydrogen-bond acceptors (Lipinski definition) is 1. The van der Waals surface area contributed by atoms with E-state index in [0.717, 1.165) is 17.5 Å². The summed E-state index contributed by atoms with van der Waals surface area (Å²) < 4.78 is 0.